The second kappa shape index (κ2) is 66.1. The molecular formula is C71H132O6. The van der Waals surface area contributed by atoms with E-state index in [1.807, 2.05) is 0 Å². The van der Waals surface area contributed by atoms with Crippen LogP contribution in [0, 0.1) is 0 Å². The lowest BCUT2D eigenvalue weighted by molar-refractivity contribution is -0.167. The summed E-state index contributed by atoms with van der Waals surface area (Å²) in [7, 11) is 0. The van der Waals surface area contributed by atoms with Crippen molar-refractivity contribution in [2.75, 3.05) is 13.2 Å². The van der Waals surface area contributed by atoms with E-state index in [-0.39, 0.29) is 31.1 Å². The fraction of sp³-hybridized carbons (Fsp3) is 0.873. The van der Waals surface area contributed by atoms with Gasteiger partial charge in [0.25, 0.3) is 0 Å². The van der Waals surface area contributed by atoms with Gasteiger partial charge in [0.2, 0.25) is 0 Å². The Labute approximate surface area is 480 Å². The van der Waals surface area contributed by atoms with Crippen LogP contribution in [-0.2, 0) is 28.6 Å². The largest absolute Gasteiger partial charge is 0.462 e. The lowest BCUT2D eigenvalue weighted by atomic mass is 10.0. The first kappa shape index (κ1) is 74.6. The van der Waals surface area contributed by atoms with E-state index >= 15 is 0 Å². The Kier molecular flexibility index (Phi) is 64.1. The number of hydrogen-bond acceptors (Lipinski definition) is 6. The molecule has 0 aromatic heterocycles. The summed E-state index contributed by atoms with van der Waals surface area (Å²) in [6.07, 6.45) is 82.0. The highest BCUT2D eigenvalue weighted by Crippen LogP contribution is 2.19. The minimum atomic E-state index is -0.781. The lowest BCUT2D eigenvalue weighted by Crippen LogP contribution is -2.30. The third kappa shape index (κ3) is 64.3. The first-order valence-electron chi connectivity index (χ1n) is 34.5. The average molecular weight is 1080 g/mol. The van der Waals surface area contributed by atoms with Crippen molar-refractivity contribution >= 4 is 17.9 Å². The number of carbonyl (C=O) groups is 3. The third-order valence-corrected chi connectivity index (χ3v) is 15.6. The zero-order valence-corrected chi connectivity index (χ0v) is 52.0. The second-order valence-electron chi connectivity index (χ2n) is 23.4. The molecule has 0 aliphatic rings. The van der Waals surface area contributed by atoms with E-state index in [9.17, 15) is 14.4 Å². The van der Waals surface area contributed by atoms with E-state index < -0.39 is 6.10 Å². The molecule has 0 saturated carbocycles. The van der Waals surface area contributed by atoms with Crippen molar-refractivity contribution in [2.45, 2.75) is 386 Å². The Balaban J connectivity index is 4.00. The van der Waals surface area contributed by atoms with E-state index in [0.29, 0.717) is 19.3 Å². The van der Waals surface area contributed by atoms with Crippen LogP contribution in [0.1, 0.15) is 380 Å². The minimum absolute atomic E-state index is 0.0769. The molecule has 0 rings (SSSR count). The van der Waals surface area contributed by atoms with Crippen LogP contribution in [0.4, 0.5) is 0 Å². The zero-order chi connectivity index (χ0) is 55.7. The molecule has 452 valence electrons. The molecule has 0 aromatic rings. The van der Waals surface area contributed by atoms with Crippen LogP contribution in [0.5, 0.6) is 0 Å². The molecule has 0 heterocycles. The van der Waals surface area contributed by atoms with E-state index in [0.717, 1.165) is 96.3 Å². The minimum Gasteiger partial charge on any atom is -0.462 e. The Bertz CT molecular complexity index is 1290. The van der Waals surface area contributed by atoms with Gasteiger partial charge in [0.05, 0.1) is 0 Å². The highest BCUT2D eigenvalue weighted by Gasteiger charge is 2.19. The van der Waals surface area contributed by atoms with Gasteiger partial charge < -0.3 is 14.2 Å². The van der Waals surface area contributed by atoms with Gasteiger partial charge in [-0.1, -0.05) is 327 Å². The van der Waals surface area contributed by atoms with Gasteiger partial charge in [0.1, 0.15) is 13.2 Å². The summed E-state index contributed by atoms with van der Waals surface area (Å²) < 4.78 is 16.9. The van der Waals surface area contributed by atoms with Crippen LogP contribution >= 0.6 is 0 Å². The van der Waals surface area contributed by atoms with Gasteiger partial charge in [0.15, 0.2) is 6.10 Å². The summed E-state index contributed by atoms with van der Waals surface area (Å²) in [5.41, 5.74) is 0. The van der Waals surface area contributed by atoms with Gasteiger partial charge in [-0.2, -0.15) is 0 Å². The van der Waals surface area contributed by atoms with Gasteiger partial charge >= 0.3 is 17.9 Å². The van der Waals surface area contributed by atoms with E-state index in [4.69, 9.17) is 14.2 Å². The van der Waals surface area contributed by atoms with Crippen molar-refractivity contribution in [2.24, 2.45) is 0 Å². The van der Waals surface area contributed by atoms with E-state index in [1.54, 1.807) is 0 Å². The van der Waals surface area contributed by atoms with Crippen molar-refractivity contribution in [1.82, 2.24) is 0 Å². The van der Waals surface area contributed by atoms with Crippen LogP contribution in [0.3, 0.4) is 0 Å². The van der Waals surface area contributed by atoms with Gasteiger partial charge in [-0.25, -0.2) is 0 Å². The first-order valence-corrected chi connectivity index (χ1v) is 34.5. The number of esters is 3. The molecular weight excluding hydrogens is 949 g/mol. The summed E-state index contributed by atoms with van der Waals surface area (Å²) in [6.45, 7) is 6.59. The number of rotatable bonds is 64. The van der Waals surface area contributed by atoms with Gasteiger partial charge in [-0.15, -0.1) is 0 Å². The number of allylic oxidation sites excluding steroid dienone is 6. The van der Waals surface area contributed by atoms with E-state index in [2.05, 4.69) is 57.2 Å². The molecule has 0 saturated heterocycles. The summed E-state index contributed by atoms with van der Waals surface area (Å²) in [4.78, 5) is 38.2. The highest BCUT2D eigenvalue weighted by molar-refractivity contribution is 5.71. The molecule has 0 N–H and O–H groups in total. The Morgan fingerprint density at radius 2 is 0.494 bits per heavy atom. The fourth-order valence-corrected chi connectivity index (χ4v) is 10.4. The fourth-order valence-electron chi connectivity index (χ4n) is 10.4. The predicted octanol–water partition coefficient (Wildman–Crippen LogP) is 23.6. The molecule has 0 aliphatic heterocycles. The summed E-state index contributed by atoms with van der Waals surface area (Å²) in [5, 5.41) is 0. The Morgan fingerprint density at radius 3 is 0.805 bits per heavy atom. The van der Waals surface area contributed by atoms with Crippen molar-refractivity contribution in [3.63, 3.8) is 0 Å². The van der Waals surface area contributed by atoms with Crippen LogP contribution < -0.4 is 0 Å². The summed E-state index contributed by atoms with van der Waals surface area (Å²) >= 11 is 0. The van der Waals surface area contributed by atoms with Crippen molar-refractivity contribution in [3.05, 3.63) is 36.5 Å². The maximum atomic E-state index is 12.8. The smallest absolute Gasteiger partial charge is 0.306 e. The van der Waals surface area contributed by atoms with Crippen LogP contribution in [0.15, 0.2) is 36.5 Å². The van der Waals surface area contributed by atoms with Crippen LogP contribution in [-0.4, -0.2) is 37.2 Å². The summed E-state index contributed by atoms with van der Waals surface area (Å²) in [5.74, 6) is -0.881. The quantitative estimate of drug-likeness (QED) is 0.0261. The van der Waals surface area contributed by atoms with Gasteiger partial charge in [-0.3, -0.25) is 14.4 Å². The monoisotopic (exact) mass is 1080 g/mol. The normalized spacial score (nSPS) is 12.2. The van der Waals surface area contributed by atoms with Crippen molar-refractivity contribution in [3.8, 4) is 0 Å². The average Bonchev–Trinajstić information content (AvgIpc) is 3.43. The Hall–Kier alpha value is -2.37. The molecule has 6 heteroatoms. The molecule has 77 heavy (non-hydrogen) atoms. The zero-order valence-electron chi connectivity index (χ0n) is 52.0. The van der Waals surface area contributed by atoms with Crippen LogP contribution in [0.25, 0.3) is 0 Å². The maximum Gasteiger partial charge on any atom is 0.306 e. The van der Waals surface area contributed by atoms with Gasteiger partial charge in [0, 0.05) is 19.3 Å². The molecule has 0 bridgehead atoms. The SMILES string of the molecule is CCC/C=C\C/C=C\CCCCCCCC(=O)OC(COC(=O)CCCCCCC/C=C\CCCCC)COC(=O)CCCCCCCCCCCCCCCCCCCCCCCCCCCCCCCCCCCC. The molecule has 0 radical (unpaired) electrons. The Morgan fingerprint density at radius 1 is 0.260 bits per heavy atom. The highest BCUT2D eigenvalue weighted by atomic mass is 16.6. The lowest BCUT2D eigenvalue weighted by Gasteiger charge is -2.18. The predicted molar refractivity (Wildman–Crippen MR) is 335 cm³/mol. The van der Waals surface area contributed by atoms with Crippen molar-refractivity contribution in [1.29, 1.82) is 0 Å². The van der Waals surface area contributed by atoms with Crippen LogP contribution in [0.2, 0.25) is 0 Å². The molecule has 0 aromatic carbocycles. The topological polar surface area (TPSA) is 78.9 Å². The third-order valence-electron chi connectivity index (χ3n) is 15.6. The maximum absolute atomic E-state index is 12.8. The summed E-state index contributed by atoms with van der Waals surface area (Å²) in [6, 6.07) is 0. The number of hydrogen-bond donors (Lipinski definition) is 0. The molecule has 0 fully saturated rings. The molecule has 0 aliphatic carbocycles. The number of carbonyl (C=O) groups excluding carboxylic acids is 3. The standard InChI is InChI=1S/C71H132O6/c1-4-7-10-13-16-19-22-25-26-27-28-29-30-31-32-33-34-35-36-37-38-39-40-41-42-43-44-45-47-49-52-55-58-61-64-70(73)76-67-68(66-75-69(72)63-60-57-54-51-48-24-21-18-15-12-9-6-3)77-71(74)65-62-59-56-53-50-46-23-20-17-14-11-8-5-2/h11,14,18,20-21,23,68H,4-10,12-13,15-17,19,22,24-67H2,1-3H3/b14-11-,21-18-,23-20-. The number of ether oxygens (including phenoxy) is 3. The first-order chi connectivity index (χ1) is 38.0. The second-order valence-corrected chi connectivity index (χ2v) is 23.4. The molecule has 1 atom stereocenters. The molecule has 0 spiro atoms. The number of unbranched alkanes of at least 4 members (excludes halogenated alkanes) is 47. The molecule has 6 nitrogen and oxygen atoms in total. The molecule has 0 amide bonds. The van der Waals surface area contributed by atoms with E-state index in [1.165, 1.54) is 244 Å². The van der Waals surface area contributed by atoms with Gasteiger partial charge in [-0.05, 0) is 70.6 Å². The van der Waals surface area contributed by atoms with Crippen molar-refractivity contribution < 1.29 is 28.6 Å². The molecule has 1 unspecified atom stereocenters.